The van der Waals surface area contributed by atoms with E-state index in [-0.39, 0.29) is 5.75 Å². The zero-order chi connectivity index (χ0) is 18.8. The number of ether oxygens (including phenoxy) is 1. The lowest BCUT2D eigenvalue weighted by atomic mass is 10.1. The van der Waals surface area contributed by atoms with Crippen molar-refractivity contribution in [3.05, 3.63) is 77.3 Å². The Kier molecular flexibility index (Phi) is 4.69. The summed E-state index contributed by atoms with van der Waals surface area (Å²) in [6.45, 7) is 0. The molecule has 4 rings (SSSR count). The van der Waals surface area contributed by atoms with Gasteiger partial charge in [0, 0.05) is 21.2 Å². The Labute approximate surface area is 165 Å². The summed E-state index contributed by atoms with van der Waals surface area (Å²) in [4.78, 5) is 8.25. The van der Waals surface area contributed by atoms with Gasteiger partial charge in [-0.2, -0.15) is 0 Å². The van der Waals surface area contributed by atoms with Crippen molar-refractivity contribution in [1.29, 1.82) is 0 Å². The molecule has 0 aliphatic rings. The lowest BCUT2D eigenvalue weighted by molar-refractivity contribution is 0.373. The van der Waals surface area contributed by atoms with Crippen molar-refractivity contribution in [1.82, 2.24) is 9.97 Å². The molecule has 0 saturated heterocycles. The SMILES string of the molecule is COc1ccc(-c2nc(-c3ccccc3)c(-c3ccc(Br)cc3)[nH]2)cc1O. The van der Waals surface area contributed by atoms with E-state index >= 15 is 0 Å². The summed E-state index contributed by atoms with van der Waals surface area (Å²) >= 11 is 3.48. The number of H-pyrrole nitrogens is 1. The molecule has 0 fully saturated rings. The number of aromatic nitrogens is 2. The van der Waals surface area contributed by atoms with E-state index in [1.165, 1.54) is 7.11 Å². The fraction of sp³-hybridized carbons (Fsp3) is 0.0455. The van der Waals surface area contributed by atoms with Gasteiger partial charge in [0.2, 0.25) is 0 Å². The highest BCUT2D eigenvalue weighted by atomic mass is 79.9. The highest BCUT2D eigenvalue weighted by molar-refractivity contribution is 9.10. The number of nitrogens with one attached hydrogen (secondary N) is 1. The molecule has 0 unspecified atom stereocenters. The molecule has 1 heterocycles. The number of aromatic hydroxyl groups is 1. The maximum atomic E-state index is 10.1. The summed E-state index contributed by atoms with van der Waals surface area (Å²) in [5.74, 6) is 1.20. The van der Waals surface area contributed by atoms with Gasteiger partial charge in [0.1, 0.15) is 5.82 Å². The second kappa shape index (κ2) is 7.29. The third-order valence-electron chi connectivity index (χ3n) is 4.34. The van der Waals surface area contributed by atoms with E-state index < -0.39 is 0 Å². The van der Waals surface area contributed by atoms with Gasteiger partial charge in [0.15, 0.2) is 11.5 Å². The van der Waals surface area contributed by atoms with E-state index in [2.05, 4.69) is 20.9 Å². The molecule has 4 nitrogen and oxygen atoms in total. The predicted octanol–water partition coefficient (Wildman–Crippen LogP) is 5.89. The topological polar surface area (TPSA) is 58.1 Å². The van der Waals surface area contributed by atoms with Gasteiger partial charge in [-0.1, -0.05) is 58.4 Å². The number of imidazole rings is 1. The van der Waals surface area contributed by atoms with Crippen molar-refractivity contribution in [2.75, 3.05) is 7.11 Å². The van der Waals surface area contributed by atoms with Crippen LogP contribution in [0.5, 0.6) is 11.5 Å². The highest BCUT2D eigenvalue weighted by Crippen LogP contribution is 2.35. The molecule has 3 aromatic carbocycles. The molecule has 0 spiro atoms. The first-order valence-corrected chi connectivity index (χ1v) is 9.24. The van der Waals surface area contributed by atoms with E-state index in [1.807, 2.05) is 60.7 Å². The van der Waals surface area contributed by atoms with Crippen molar-refractivity contribution < 1.29 is 9.84 Å². The molecular weight excluding hydrogens is 404 g/mol. The third kappa shape index (κ3) is 3.46. The second-order valence-corrected chi connectivity index (χ2v) is 6.98. The minimum Gasteiger partial charge on any atom is -0.504 e. The fourth-order valence-corrected chi connectivity index (χ4v) is 3.24. The van der Waals surface area contributed by atoms with E-state index in [0.717, 1.165) is 32.6 Å². The maximum absolute atomic E-state index is 10.1. The number of aromatic amines is 1. The van der Waals surface area contributed by atoms with E-state index in [4.69, 9.17) is 9.72 Å². The maximum Gasteiger partial charge on any atom is 0.160 e. The Morgan fingerprint density at radius 2 is 1.59 bits per heavy atom. The summed E-state index contributed by atoms with van der Waals surface area (Å²) in [6, 6.07) is 23.4. The van der Waals surface area contributed by atoms with Crippen LogP contribution < -0.4 is 4.74 Å². The zero-order valence-electron chi connectivity index (χ0n) is 14.6. The van der Waals surface area contributed by atoms with Crippen LogP contribution in [0.2, 0.25) is 0 Å². The third-order valence-corrected chi connectivity index (χ3v) is 4.86. The smallest absolute Gasteiger partial charge is 0.160 e. The summed E-state index contributed by atoms with van der Waals surface area (Å²) in [5.41, 5.74) is 4.64. The molecule has 0 aliphatic heterocycles. The van der Waals surface area contributed by atoms with Gasteiger partial charge >= 0.3 is 0 Å². The van der Waals surface area contributed by atoms with Crippen LogP contribution in [0.1, 0.15) is 0 Å². The van der Waals surface area contributed by atoms with Crippen LogP contribution in [-0.2, 0) is 0 Å². The molecule has 2 N–H and O–H groups in total. The molecule has 0 saturated carbocycles. The van der Waals surface area contributed by atoms with Crippen molar-refractivity contribution in [2.24, 2.45) is 0 Å². The van der Waals surface area contributed by atoms with Crippen molar-refractivity contribution in [3.63, 3.8) is 0 Å². The Morgan fingerprint density at radius 1 is 0.889 bits per heavy atom. The Bertz CT molecular complexity index is 1070. The van der Waals surface area contributed by atoms with Crippen LogP contribution >= 0.6 is 15.9 Å². The Hall–Kier alpha value is -3.05. The summed E-state index contributed by atoms with van der Waals surface area (Å²) in [6.07, 6.45) is 0. The van der Waals surface area contributed by atoms with Crippen molar-refractivity contribution in [3.8, 4) is 45.4 Å². The van der Waals surface area contributed by atoms with Crippen LogP contribution in [0.15, 0.2) is 77.3 Å². The Morgan fingerprint density at radius 3 is 2.26 bits per heavy atom. The van der Waals surface area contributed by atoms with E-state index in [9.17, 15) is 5.11 Å². The van der Waals surface area contributed by atoms with Crippen LogP contribution in [0.4, 0.5) is 0 Å². The first kappa shape index (κ1) is 17.4. The molecule has 0 aliphatic carbocycles. The number of rotatable bonds is 4. The largest absolute Gasteiger partial charge is 0.504 e. The Balaban J connectivity index is 1.87. The number of phenolic OH excluding ortho intramolecular Hbond substituents is 1. The average Bonchev–Trinajstić information content (AvgIpc) is 3.14. The normalized spacial score (nSPS) is 10.7. The highest BCUT2D eigenvalue weighted by Gasteiger charge is 2.16. The first-order valence-electron chi connectivity index (χ1n) is 8.44. The number of nitrogens with zero attached hydrogens (tertiary/aromatic N) is 1. The van der Waals surface area contributed by atoms with Gasteiger partial charge in [-0.15, -0.1) is 0 Å². The molecule has 0 amide bonds. The molecule has 0 radical (unpaired) electrons. The predicted molar refractivity (Wildman–Crippen MR) is 111 cm³/mol. The molecule has 4 aromatic rings. The standard InChI is InChI=1S/C22H17BrN2O2/c1-27-19-12-9-16(13-18(19)26)22-24-20(14-5-3-2-4-6-14)21(25-22)15-7-10-17(23)11-8-15/h2-13,26H,1H3,(H,24,25). The number of hydrogen-bond acceptors (Lipinski definition) is 3. The number of methoxy groups -OCH3 is 1. The average molecular weight is 421 g/mol. The van der Waals surface area contributed by atoms with Gasteiger partial charge < -0.3 is 14.8 Å². The molecule has 0 atom stereocenters. The van der Waals surface area contributed by atoms with Gasteiger partial charge in [-0.05, 0) is 30.3 Å². The zero-order valence-corrected chi connectivity index (χ0v) is 16.2. The van der Waals surface area contributed by atoms with Crippen LogP contribution in [0.3, 0.4) is 0 Å². The summed E-state index contributed by atoms with van der Waals surface area (Å²) in [5, 5.41) is 10.1. The van der Waals surface area contributed by atoms with Gasteiger partial charge in [0.05, 0.1) is 18.5 Å². The van der Waals surface area contributed by atoms with E-state index in [1.54, 1.807) is 12.1 Å². The first-order chi connectivity index (χ1) is 13.2. The van der Waals surface area contributed by atoms with E-state index in [0.29, 0.717) is 11.6 Å². The molecule has 1 aromatic heterocycles. The number of halogens is 1. The molecule has 0 bridgehead atoms. The van der Waals surface area contributed by atoms with Crippen LogP contribution in [-0.4, -0.2) is 22.2 Å². The van der Waals surface area contributed by atoms with Gasteiger partial charge in [-0.25, -0.2) is 4.98 Å². The molecule has 27 heavy (non-hydrogen) atoms. The minimum atomic E-state index is 0.0813. The quantitative estimate of drug-likeness (QED) is 0.432. The molecule has 5 heteroatoms. The summed E-state index contributed by atoms with van der Waals surface area (Å²) in [7, 11) is 1.53. The van der Waals surface area contributed by atoms with Gasteiger partial charge in [-0.3, -0.25) is 0 Å². The van der Waals surface area contributed by atoms with Crippen molar-refractivity contribution in [2.45, 2.75) is 0 Å². The monoisotopic (exact) mass is 420 g/mol. The fourth-order valence-electron chi connectivity index (χ4n) is 2.98. The number of benzene rings is 3. The summed E-state index contributed by atoms with van der Waals surface area (Å²) < 4.78 is 6.15. The molecule has 134 valence electrons. The minimum absolute atomic E-state index is 0.0813. The number of hydrogen-bond donors (Lipinski definition) is 2. The second-order valence-electron chi connectivity index (χ2n) is 6.07. The lowest BCUT2D eigenvalue weighted by Gasteiger charge is -2.04. The lowest BCUT2D eigenvalue weighted by Crippen LogP contribution is -1.86. The van der Waals surface area contributed by atoms with Crippen molar-refractivity contribution >= 4 is 15.9 Å². The number of phenols is 1. The molecular formula is C22H17BrN2O2. The van der Waals surface area contributed by atoms with Crippen LogP contribution in [0.25, 0.3) is 33.9 Å². The van der Waals surface area contributed by atoms with Crippen LogP contribution in [0, 0.1) is 0 Å². The van der Waals surface area contributed by atoms with Gasteiger partial charge in [0.25, 0.3) is 0 Å².